The second-order valence-corrected chi connectivity index (χ2v) is 4.66. The number of nitrogens with zero attached hydrogens (tertiary/aromatic N) is 2. The molecule has 0 radical (unpaired) electrons. The molecular weight excluding hydrogens is 453 g/mol. The predicted octanol–water partition coefficient (Wildman–Crippen LogP) is -0.0525. The zero-order chi connectivity index (χ0) is 15.5. The first kappa shape index (κ1) is 20.7. The number of hydrogen-bond acceptors (Lipinski definition) is 5. The molecule has 5 nitrogen and oxygen atoms in total. The number of carboxylic acids is 1. The summed E-state index contributed by atoms with van der Waals surface area (Å²) >= 11 is 0. The van der Waals surface area contributed by atoms with E-state index < -0.39 is 5.97 Å². The Labute approximate surface area is 184 Å². The van der Waals surface area contributed by atoms with Crippen molar-refractivity contribution in [1.29, 1.82) is 0 Å². The number of aromatic carboxylic acids is 1. The van der Waals surface area contributed by atoms with Crippen LogP contribution < -0.4 is 17.5 Å². The van der Waals surface area contributed by atoms with Gasteiger partial charge in [-0.3, -0.25) is 0 Å². The molecule has 0 spiro atoms. The molecule has 0 aliphatic rings. The second-order valence-electron chi connectivity index (χ2n) is 4.66. The van der Waals surface area contributed by atoms with Gasteiger partial charge >= 0.3 is 48.9 Å². The smallest absolute Gasteiger partial charge is 1.00 e. The van der Waals surface area contributed by atoms with Crippen molar-refractivity contribution in [3.8, 4) is 5.75 Å². The molecule has 24 heavy (non-hydrogen) atoms. The molecule has 3 aromatic rings. The van der Waals surface area contributed by atoms with E-state index in [1.54, 1.807) is 18.2 Å². The van der Waals surface area contributed by atoms with E-state index in [1.807, 2.05) is 24.3 Å². The number of halogens is 1. The molecule has 0 atom stereocenters. The Bertz CT molecular complexity index is 900. The van der Waals surface area contributed by atoms with Gasteiger partial charge in [0.2, 0.25) is 0 Å². The van der Waals surface area contributed by atoms with Gasteiger partial charge in [-0.05, 0) is 17.5 Å². The minimum absolute atomic E-state index is 0. The van der Waals surface area contributed by atoms with Crippen molar-refractivity contribution in [1.82, 2.24) is 0 Å². The number of phenolic OH excluding ortho intramolecular Hbond substituents is 1. The molecule has 0 unspecified atom stereocenters. The van der Waals surface area contributed by atoms with Crippen LogP contribution in [0.15, 0.2) is 70.9 Å². The molecule has 0 fully saturated rings. The molecule has 0 saturated heterocycles. The molecule has 3 aromatic carbocycles. The van der Waals surface area contributed by atoms with E-state index in [2.05, 4.69) is 10.2 Å². The van der Waals surface area contributed by atoms with E-state index in [-0.39, 0.29) is 78.3 Å². The Morgan fingerprint density at radius 1 is 0.917 bits per heavy atom. The van der Waals surface area contributed by atoms with E-state index in [0.29, 0.717) is 5.69 Å². The fourth-order valence-electron chi connectivity index (χ4n) is 2.19. The van der Waals surface area contributed by atoms with Crippen LogP contribution in [0.3, 0.4) is 0 Å². The van der Waals surface area contributed by atoms with Crippen LogP contribution in [-0.4, -0.2) is 60.0 Å². The fourth-order valence-corrected chi connectivity index (χ4v) is 2.19. The fraction of sp³-hybridized carbons (Fsp3) is 0. The number of aromatic hydroxyl groups is 1. The predicted molar refractivity (Wildman–Crippen MR) is 86.3 cm³/mol. The summed E-state index contributed by atoms with van der Waals surface area (Å²) in [5.74, 6) is -1.34. The van der Waals surface area contributed by atoms with Crippen LogP contribution in [0, 0.1) is 0 Å². The molecule has 3 rings (SSSR count). The molecule has 1 N–H and O–H groups in total. The van der Waals surface area contributed by atoms with E-state index in [1.165, 1.54) is 18.2 Å². The first-order chi connectivity index (χ1) is 10.7. The van der Waals surface area contributed by atoms with Gasteiger partial charge in [0.25, 0.3) is 0 Å². The van der Waals surface area contributed by atoms with Crippen LogP contribution in [0.4, 0.5) is 11.4 Å². The Hall–Kier alpha value is -1.35. The summed E-state index contributed by atoms with van der Waals surface area (Å²) in [6.45, 7) is 0. The maximum absolute atomic E-state index is 11.1. The molecule has 0 amide bonds. The summed E-state index contributed by atoms with van der Waals surface area (Å²) in [7, 11) is 0. The van der Waals surface area contributed by atoms with E-state index in [4.69, 9.17) is 0 Å². The van der Waals surface area contributed by atoms with Crippen LogP contribution in [0.2, 0.25) is 0 Å². The summed E-state index contributed by atoms with van der Waals surface area (Å²) in [6.07, 6.45) is 0. The van der Waals surface area contributed by atoms with Crippen LogP contribution in [0.1, 0.15) is 10.4 Å². The van der Waals surface area contributed by atoms with Gasteiger partial charge in [-0.2, -0.15) is 0 Å². The topological polar surface area (TPSA) is 85.1 Å². The van der Waals surface area contributed by atoms with Gasteiger partial charge in [-0.25, -0.2) is 0 Å². The summed E-state index contributed by atoms with van der Waals surface area (Å²) < 4.78 is 0. The van der Waals surface area contributed by atoms with E-state index in [0.717, 1.165) is 10.8 Å². The number of benzene rings is 3. The van der Waals surface area contributed by atoms with Crippen molar-refractivity contribution >= 4 is 77.0 Å². The van der Waals surface area contributed by atoms with Gasteiger partial charge in [-0.1, -0.05) is 48.5 Å². The zero-order valence-corrected chi connectivity index (χ0v) is 17.7. The second kappa shape index (κ2) is 9.22. The van der Waals surface area contributed by atoms with E-state index in [9.17, 15) is 15.0 Å². The number of carboxylic acid groups (broad SMARTS) is 1. The number of carbonyl (C=O) groups is 1. The Balaban J connectivity index is 0.00000144. The number of fused-ring (bicyclic) bond motifs is 1. The van der Waals surface area contributed by atoms with E-state index >= 15 is 0 Å². The van der Waals surface area contributed by atoms with Crippen molar-refractivity contribution in [2.24, 2.45) is 10.2 Å². The third-order valence-corrected chi connectivity index (χ3v) is 3.26. The standard InChI is InChI=1S/C17H12N2O3.Ba.ClH/c20-15-10-9-11-5-1-2-6-12(11)16(15)19-18-14-8-4-3-7-13(14)17(21)22;;/h1-10,20H,(H,21,22);;1H/q;+2;/p-2. The van der Waals surface area contributed by atoms with Crippen LogP contribution in [0.5, 0.6) is 5.75 Å². The van der Waals surface area contributed by atoms with Crippen molar-refractivity contribution < 1.29 is 27.4 Å². The summed E-state index contributed by atoms with van der Waals surface area (Å²) in [5.41, 5.74) is 0.423. The molecule has 116 valence electrons. The monoisotopic (exact) mass is 464 g/mol. The van der Waals surface area contributed by atoms with Crippen molar-refractivity contribution in [3.63, 3.8) is 0 Å². The Morgan fingerprint density at radius 2 is 1.58 bits per heavy atom. The van der Waals surface area contributed by atoms with Crippen molar-refractivity contribution in [3.05, 3.63) is 66.2 Å². The van der Waals surface area contributed by atoms with Crippen molar-refractivity contribution in [2.45, 2.75) is 0 Å². The Morgan fingerprint density at radius 3 is 2.33 bits per heavy atom. The van der Waals surface area contributed by atoms with Gasteiger partial charge in [0, 0.05) is 10.9 Å². The minimum atomic E-state index is -1.32. The molecule has 0 bridgehead atoms. The largest absolute Gasteiger partial charge is 2.00 e. The molecule has 0 saturated carbocycles. The maximum Gasteiger partial charge on any atom is 2.00 e. The van der Waals surface area contributed by atoms with Crippen LogP contribution in [-0.2, 0) is 0 Å². The summed E-state index contributed by atoms with van der Waals surface area (Å²) in [6, 6.07) is 16.9. The number of hydrogen-bond donors (Lipinski definition) is 1. The summed E-state index contributed by atoms with van der Waals surface area (Å²) in [5, 5.41) is 30.7. The first-order valence-electron chi connectivity index (χ1n) is 6.59. The van der Waals surface area contributed by atoms with Crippen LogP contribution in [0.25, 0.3) is 10.8 Å². The summed E-state index contributed by atoms with van der Waals surface area (Å²) in [4.78, 5) is 11.1. The molecule has 0 aliphatic heterocycles. The number of rotatable bonds is 3. The molecular formula is C17H11BaClN2O3. The molecule has 0 aromatic heterocycles. The van der Waals surface area contributed by atoms with Gasteiger partial charge in [0.05, 0.1) is 11.7 Å². The third-order valence-electron chi connectivity index (χ3n) is 3.26. The van der Waals surface area contributed by atoms with Gasteiger partial charge < -0.3 is 27.4 Å². The number of phenols is 1. The van der Waals surface area contributed by atoms with Crippen molar-refractivity contribution in [2.75, 3.05) is 0 Å². The minimum Gasteiger partial charge on any atom is -1.00 e. The molecule has 0 aliphatic carbocycles. The number of carbonyl (C=O) groups excluding carboxylic acids is 1. The molecule has 0 heterocycles. The SMILES string of the molecule is O=C([O-])c1ccccc1N=Nc1c(O)ccc2ccccc12.[Ba+2].[Cl-]. The third kappa shape index (κ3) is 4.38. The van der Waals surface area contributed by atoms with Gasteiger partial charge in [0.15, 0.2) is 0 Å². The van der Waals surface area contributed by atoms with Crippen LogP contribution >= 0.6 is 0 Å². The van der Waals surface area contributed by atoms with Gasteiger partial charge in [-0.15, -0.1) is 10.2 Å². The average molecular weight is 464 g/mol. The molecule has 7 heteroatoms. The first-order valence-corrected chi connectivity index (χ1v) is 6.59. The maximum atomic E-state index is 11.1. The average Bonchev–Trinajstić information content (AvgIpc) is 2.54. The van der Waals surface area contributed by atoms with Gasteiger partial charge in [0.1, 0.15) is 11.4 Å². The normalized spacial score (nSPS) is 10.2. The number of azo groups is 1. The quantitative estimate of drug-likeness (QED) is 0.436. The Kier molecular flexibility index (Phi) is 7.95. The zero-order valence-electron chi connectivity index (χ0n) is 12.5.